The quantitative estimate of drug-likeness (QED) is 0.397. The second-order valence-electron chi connectivity index (χ2n) is 12.3. The highest BCUT2D eigenvalue weighted by atomic mass is 16.6. The van der Waals surface area contributed by atoms with Crippen LogP contribution in [-0.2, 0) is 14.4 Å². The van der Waals surface area contributed by atoms with Crippen LogP contribution < -0.4 is 11.3 Å². The molecule has 1 amide bonds. The zero-order valence-electron chi connectivity index (χ0n) is 22.9. The Morgan fingerprint density at radius 2 is 1.60 bits per heavy atom. The number of aliphatic carboxylic acids is 1. The number of fused-ring (bicyclic) bond motifs is 5. The largest absolute Gasteiger partial charge is 0.476 e. The predicted octanol–water partition coefficient (Wildman–Crippen LogP) is 3.60. The minimum Gasteiger partial charge on any atom is -0.476 e. The normalized spacial score (nSPS) is 30.9. The summed E-state index contributed by atoms with van der Waals surface area (Å²) in [6.45, 7) is -0.594. The summed E-state index contributed by atoms with van der Waals surface area (Å²) in [6, 6.07) is 8.73. The molecule has 2 aliphatic heterocycles. The van der Waals surface area contributed by atoms with Gasteiger partial charge in [0.05, 0.1) is 11.0 Å². The molecule has 3 heterocycles. The van der Waals surface area contributed by atoms with Crippen LogP contribution in [0, 0.1) is 11.8 Å². The van der Waals surface area contributed by atoms with E-state index < -0.39 is 29.8 Å². The molecule has 10 heteroatoms. The van der Waals surface area contributed by atoms with Crippen molar-refractivity contribution in [2.75, 3.05) is 6.61 Å². The number of rotatable bonds is 7. The monoisotopic (exact) mass is 549 g/mol. The Kier molecular flexibility index (Phi) is 7.61. The van der Waals surface area contributed by atoms with Crippen LogP contribution in [0.5, 0.6) is 0 Å². The molecule has 2 saturated carbocycles. The highest BCUT2D eigenvalue weighted by molar-refractivity contribution is 6.41. The molecule has 3 N–H and O–H groups in total. The zero-order chi connectivity index (χ0) is 27.8. The lowest BCUT2D eigenvalue weighted by atomic mass is 9.73. The van der Waals surface area contributed by atoms with Gasteiger partial charge in [0.15, 0.2) is 12.3 Å². The summed E-state index contributed by atoms with van der Waals surface area (Å²) in [5.41, 5.74) is 4.89. The molecule has 6 rings (SSSR count). The van der Waals surface area contributed by atoms with E-state index in [2.05, 4.69) is 15.0 Å². The van der Waals surface area contributed by atoms with E-state index in [1.807, 2.05) is 18.2 Å². The molecule has 6 atom stereocenters. The number of hydrogen-bond acceptors (Lipinski definition) is 7. The number of nitrogens with two attached hydrogens (primary N) is 1. The summed E-state index contributed by atoms with van der Waals surface area (Å²) >= 11 is 0. The predicted molar refractivity (Wildman–Crippen MR) is 150 cm³/mol. The van der Waals surface area contributed by atoms with Crippen molar-refractivity contribution >= 4 is 28.6 Å². The molecule has 1 aromatic carbocycles. The number of carboxylic acid groups (broad SMARTS) is 1. The number of para-hydroxylation sites is 2. The summed E-state index contributed by atoms with van der Waals surface area (Å²) in [7, 11) is 0. The molecule has 214 valence electrons. The number of aromatic nitrogens is 2. The number of carboxylic acids is 1. The van der Waals surface area contributed by atoms with Gasteiger partial charge in [-0.1, -0.05) is 49.4 Å². The minimum atomic E-state index is -1.46. The van der Waals surface area contributed by atoms with Crippen LogP contribution in [0.3, 0.4) is 0 Å². The van der Waals surface area contributed by atoms with Crippen molar-refractivity contribution < 1.29 is 19.5 Å². The Bertz CT molecular complexity index is 1340. The third-order valence-corrected chi connectivity index (χ3v) is 9.73. The van der Waals surface area contributed by atoms with Crippen molar-refractivity contribution in [2.24, 2.45) is 22.7 Å². The number of primary amides is 1. The number of benzene rings is 1. The fraction of sp³-hybridized carbons (Fsp3) is 0.633. The topological polar surface area (TPSA) is 140 Å². The molecule has 2 aliphatic carbocycles. The fourth-order valence-electron chi connectivity index (χ4n) is 8.32. The van der Waals surface area contributed by atoms with Crippen LogP contribution in [0.4, 0.5) is 0 Å². The first kappa shape index (κ1) is 26.9. The molecule has 2 unspecified atom stereocenters. The first-order valence-electron chi connectivity index (χ1n) is 14.9. The van der Waals surface area contributed by atoms with Gasteiger partial charge in [0.2, 0.25) is 5.71 Å². The van der Waals surface area contributed by atoms with Crippen LogP contribution in [0.25, 0.3) is 11.0 Å². The molecule has 2 saturated heterocycles. The lowest BCUT2D eigenvalue weighted by molar-refractivity contribution is -0.130. The third-order valence-electron chi connectivity index (χ3n) is 9.73. The van der Waals surface area contributed by atoms with E-state index in [0.717, 1.165) is 37.5 Å². The Hall–Kier alpha value is -3.27. The van der Waals surface area contributed by atoms with Crippen LogP contribution in [-0.4, -0.2) is 61.9 Å². The van der Waals surface area contributed by atoms with Gasteiger partial charge in [-0.25, -0.2) is 9.78 Å². The van der Waals surface area contributed by atoms with E-state index in [4.69, 9.17) is 10.6 Å². The van der Waals surface area contributed by atoms with Crippen molar-refractivity contribution in [1.29, 1.82) is 0 Å². The Morgan fingerprint density at radius 1 is 0.925 bits per heavy atom. The summed E-state index contributed by atoms with van der Waals surface area (Å²) in [4.78, 5) is 49.3. The van der Waals surface area contributed by atoms with Crippen molar-refractivity contribution in [3.8, 4) is 0 Å². The summed E-state index contributed by atoms with van der Waals surface area (Å²) in [6.07, 6.45) is 14.7. The smallest absolute Gasteiger partial charge is 0.360 e. The maximum absolute atomic E-state index is 14.0. The first-order valence-corrected chi connectivity index (χ1v) is 14.9. The number of carbonyl (C=O) groups is 2. The van der Waals surface area contributed by atoms with Crippen molar-refractivity contribution in [2.45, 2.75) is 101 Å². The summed E-state index contributed by atoms with van der Waals surface area (Å²) in [5.74, 6) is -0.552. The van der Waals surface area contributed by atoms with Crippen LogP contribution in [0.2, 0.25) is 0 Å². The molecule has 4 fully saturated rings. The van der Waals surface area contributed by atoms with Crippen LogP contribution >= 0.6 is 0 Å². The van der Waals surface area contributed by atoms with E-state index in [1.54, 1.807) is 10.6 Å². The molecular weight excluding hydrogens is 510 g/mol. The molecule has 10 nitrogen and oxygen atoms in total. The SMILES string of the molecule is NC(=O)CO/N=C(\C(=O)O)c1nc2ccccc2n(C2C[C@H]3CCC[C@@H](C2)N3C2C[C@H]3CCCC[C@@H](C2)C3)c1=O. The molecule has 4 aliphatic rings. The molecule has 2 aromatic rings. The molecule has 4 bridgehead atoms. The maximum Gasteiger partial charge on any atom is 0.360 e. The second-order valence-corrected chi connectivity index (χ2v) is 12.3. The van der Waals surface area contributed by atoms with Crippen molar-refractivity contribution in [3.63, 3.8) is 0 Å². The van der Waals surface area contributed by atoms with Gasteiger partial charge >= 0.3 is 5.97 Å². The van der Waals surface area contributed by atoms with Crippen LogP contribution in [0.1, 0.15) is 88.8 Å². The van der Waals surface area contributed by atoms with Gasteiger partial charge < -0.3 is 20.2 Å². The number of oxime groups is 1. The number of carbonyl (C=O) groups excluding carboxylic acids is 1. The number of piperidine rings is 2. The maximum atomic E-state index is 14.0. The van der Waals surface area contributed by atoms with Crippen molar-refractivity contribution in [1.82, 2.24) is 14.5 Å². The average Bonchev–Trinajstić information content (AvgIpc) is 3.09. The highest BCUT2D eigenvalue weighted by Gasteiger charge is 2.45. The van der Waals surface area contributed by atoms with Gasteiger partial charge in [-0.2, -0.15) is 0 Å². The van der Waals surface area contributed by atoms with Gasteiger partial charge in [-0.05, 0) is 68.9 Å². The highest BCUT2D eigenvalue weighted by Crippen LogP contribution is 2.47. The van der Waals surface area contributed by atoms with E-state index in [-0.39, 0.29) is 11.7 Å². The zero-order valence-corrected chi connectivity index (χ0v) is 22.9. The van der Waals surface area contributed by atoms with E-state index in [1.165, 1.54) is 51.4 Å². The lowest BCUT2D eigenvalue weighted by Crippen LogP contribution is -2.58. The van der Waals surface area contributed by atoms with Crippen molar-refractivity contribution in [3.05, 3.63) is 40.3 Å². The molecule has 0 spiro atoms. The Labute approximate surface area is 233 Å². The van der Waals surface area contributed by atoms with E-state index in [9.17, 15) is 19.5 Å². The van der Waals surface area contributed by atoms with Gasteiger partial charge in [0.25, 0.3) is 11.5 Å². The fourth-order valence-corrected chi connectivity index (χ4v) is 8.32. The Morgan fingerprint density at radius 3 is 2.25 bits per heavy atom. The molecular formula is C30H39N5O5. The summed E-state index contributed by atoms with van der Waals surface area (Å²) in [5, 5.41) is 13.5. The summed E-state index contributed by atoms with van der Waals surface area (Å²) < 4.78 is 1.76. The molecule has 1 aromatic heterocycles. The number of amides is 1. The van der Waals surface area contributed by atoms with Gasteiger partial charge in [-0.3, -0.25) is 14.5 Å². The van der Waals surface area contributed by atoms with Gasteiger partial charge in [-0.15, -0.1) is 0 Å². The Balaban J connectivity index is 1.35. The second kappa shape index (κ2) is 11.3. The van der Waals surface area contributed by atoms with Crippen LogP contribution in [0.15, 0.2) is 34.2 Å². The number of nitrogens with zero attached hydrogens (tertiary/aromatic N) is 4. The average molecular weight is 550 g/mol. The first-order chi connectivity index (χ1) is 19.4. The van der Waals surface area contributed by atoms with E-state index >= 15 is 0 Å². The standard InChI is InChI=1S/C30H39N5O5/c31-26(36)17-40-33-28(30(38)39)27-29(37)35(25-11-4-3-10-24(25)32-27)23-15-20-8-5-9-21(16-23)34(20)22-13-18-6-1-2-7-19(12-18)14-22/h3-4,10-11,18-23H,1-2,5-9,12-17H2,(H2,31,36)(H,38,39)/b33-28-/t18-,19+,20-,21+,22?,23?. The molecule has 40 heavy (non-hydrogen) atoms. The van der Waals surface area contributed by atoms with Gasteiger partial charge in [0, 0.05) is 24.2 Å². The number of hydrogen-bond donors (Lipinski definition) is 2. The van der Waals surface area contributed by atoms with E-state index in [0.29, 0.717) is 29.2 Å². The van der Waals surface area contributed by atoms with Gasteiger partial charge in [0.1, 0.15) is 0 Å². The molecule has 0 radical (unpaired) electrons. The lowest BCUT2D eigenvalue weighted by Gasteiger charge is -2.54. The third kappa shape index (κ3) is 5.25. The minimum absolute atomic E-state index is 0.0712.